The number of rotatable bonds is 3. The van der Waals surface area contributed by atoms with Crippen LogP contribution in [0.25, 0.3) is 11.0 Å². The van der Waals surface area contributed by atoms with Crippen LogP contribution in [0.3, 0.4) is 0 Å². The number of anilines is 1. The van der Waals surface area contributed by atoms with E-state index in [1.165, 1.54) is 0 Å². The van der Waals surface area contributed by atoms with E-state index in [2.05, 4.69) is 10.5 Å². The third kappa shape index (κ3) is 2.47. The molecule has 6 nitrogen and oxygen atoms in total. The van der Waals surface area contributed by atoms with Crippen molar-refractivity contribution in [1.82, 2.24) is 10.5 Å². The number of amides is 1. The molecule has 2 aromatic heterocycles. The number of aromatic nitrogens is 1. The third-order valence-electron chi connectivity index (χ3n) is 3.37. The minimum absolute atomic E-state index is 0.252. The van der Waals surface area contributed by atoms with Crippen LogP contribution in [0, 0.1) is 13.8 Å². The first kappa shape index (κ1) is 13.2. The minimum Gasteiger partial charge on any atom is -0.451 e. The Morgan fingerprint density at radius 3 is 2.86 bits per heavy atom. The SMILES string of the molecule is Cc1noc(C)c1CNC(=O)c1cc2cc(N)ccc2o1. The number of carbonyl (C=O) groups excluding carboxylic acids is 1. The number of hydrogen-bond acceptors (Lipinski definition) is 5. The predicted molar refractivity (Wildman–Crippen MR) is 77.8 cm³/mol. The molecule has 0 aliphatic heterocycles. The number of aryl methyl sites for hydroxylation is 2. The zero-order valence-electron chi connectivity index (χ0n) is 11.8. The van der Waals surface area contributed by atoms with Crippen molar-refractivity contribution < 1.29 is 13.7 Å². The molecule has 3 rings (SSSR count). The van der Waals surface area contributed by atoms with Crippen molar-refractivity contribution in [2.45, 2.75) is 20.4 Å². The Kier molecular flexibility index (Phi) is 3.13. The van der Waals surface area contributed by atoms with E-state index in [-0.39, 0.29) is 11.7 Å². The van der Waals surface area contributed by atoms with E-state index in [1.807, 2.05) is 13.8 Å². The van der Waals surface area contributed by atoms with Crippen molar-refractivity contribution in [2.75, 3.05) is 5.73 Å². The summed E-state index contributed by atoms with van der Waals surface area (Å²) in [7, 11) is 0. The van der Waals surface area contributed by atoms with E-state index >= 15 is 0 Å². The Balaban J connectivity index is 1.78. The molecule has 0 spiro atoms. The number of benzene rings is 1. The summed E-state index contributed by atoms with van der Waals surface area (Å²) in [5.41, 5.74) is 8.61. The average molecular weight is 285 g/mol. The highest BCUT2D eigenvalue weighted by Crippen LogP contribution is 2.22. The second-order valence-corrected chi connectivity index (χ2v) is 4.89. The molecular weight excluding hydrogens is 270 g/mol. The molecule has 21 heavy (non-hydrogen) atoms. The Morgan fingerprint density at radius 1 is 1.33 bits per heavy atom. The minimum atomic E-state index is -0.287. The Bertz CT molecular complexity index is 797. The van der Waals surface area contributed by atoms with Crippen LogP contribution in [-0.2, 0) is 6.54 Å². The van der Waals surface area contributed by atoms with Gasteiger partial charge >= 0.3 is 0 Å². The van der Waals surface area contributed by atoms with Gasteiger partial charge in [0.2, 0.25) is 0 Å². The molecule has 1 aromatic carbocycles. The quantitative estimate of drug-likeness (QED) is 0.721. The highest BCUT2D eigenvalue weighted by atomic mass is 16.5. The largest absolute Gasteiger partial charge is 0.451 e. The van der Waals surface area contributed by atoms with Gasteiger partial charge in [-0.3, -0.25) is 4.79 Å². The van der Waals surface area contributed by atoms with Gasteiger partial charge in [-0.15, -0.1) is 0 Å². The highest BCUT2D eigenvalue weighted by Gasteiger charge is 2.14. The molecule has 0 bridgehead atoms. The summed E-state index contributed by atoms with van der Waals surface area (Å²) in [6, 6.07) is 6.92. The van der Waals surface area contributed by atoms with Gasteiger partial charge in [-0.25, -0.2) is 0 Å². The van der Waals surface area contributed by atoms with Crippen LogP contribution in [-0.4, -0.2) is 11.1 Å². The maximum atomic E-state index is 12.1. The molecule has 2 heterocycles. The zero-order chi connectivity index (χ0) is 15.0. The number of nitrogens with two attached hydrogens (primary N) is 1. The van der Waals surface area contributed by atoms with Gasteiger partial charge in [0.25, 0.3) is 5.91 Å². The summed E-state index contributed by atoms with van der Waals surface area (Å²) in [5.74, 6) is 0.664. The van der Waals surface area contributed by atoms with Gasteiger partial charge in [0.05, 0.1) is 5.69 Å². The second-order valence-electron chi connectivity index (χ2n) is 4.89. The molecule has 3 aromatic rings. The van der Waals surface area contributed by atoms with Crippen LogP contribution in [0.2, 0.25) is 0 Å². The number of nitrogens with one attached hydrogen (secondary N) is 1. The Morgan fingerprint density at radius 2 is 2.14 bits per heavy atom. The molecular formula is C15H15N3O3. The topological polar surface area (TPSA) is 94.3 Å². The summed E-state index contributed by atoms with van der Waals surface area (Å²) >= 11 is 0. The number of nitrogen functional groups attached to an aromatic ring is 1. The number of nitrogens with zero attached hydrogens (tertiary/aromatic N) is 1. The number of fused-ring (bicyclic) bond motifs is 1. The van der Waals surface area contributed by atoms with E-state index in [0.717, 1.165) is 16.6 Å². The monoisotopic (exact) mass is 285 g/mol. The summed E-state index contributed by atoms with van der Waals surface area (Å²) in [6.45, 7) is 3.99. The van der Waals surface area contributed by atoms with Gasteiger partial charge in [0, 0.05) is 23.2 Å². The fraction of sp³-hybridized carbons (Fsp3) is 0.200. The molecule has 0 radical (unpaired) electrons. The number of furan rings is 1. The third-order valence-corrected chi connectivity index (χ3v) is 3.37. The van der Waals surface area contributed by atoms with Crippen LogP contribution in [0.15, 0.2) is 33.2 Å². The predicted octanol–water partition coefficient (Wildman–Crippen LogP) is 2.55. The summed E-state index contributed by atoms with van der Waals surface area (Å²) < 4.78 is 10.6. The molecule has 6 heteroatoms. The van der Waals surface area contributed by atoms with E-state index in [4.69, 9.17) is 14.7 Å². The van der Waals surface area contributed by atoms with Gasteiger partial charge in [-0.1, -0.05) is 5.16 Å². The van der Waals surface area contributed by atoms with Gasteiger partial charge in [-0.2, -0.15) is 0 Å². The fourth-order valence-electron chi connectivity index (χ4n) is 2.18. The van der Waals surface area contributed by atoms with E-state index < -0.39 is 0 Å². The molecule has 0 aliphatic rings. The first-order chi connectivity index (χ1) is 10.0. The molecule has 0 unspecified atom stereocenters. The molecule has 3 N–H and O–H groups in total. The van der Waals surface area contributed by atoms with Crippen LogP contribution in [0.5, 0.6) is 0 Å². The maximum Gasteiger partial charge on any atom is 0.287 e. The number of carbonyl (C=O) groups is 1. The molecule has 0 atom stereocenters. The standard InChI is InChI=1S/C15H15N3O3/c1-8-12(9(2)21-18-8)7-17-15(19)14-6-10-5-11(16)3-4-13(10)20-14/h3-6H,7,16H2,1-2H3,(H,17,19). The van der Waals surface area contributed by atoms with Crippen LogP contribution < -0.4 is 11.1 Å². The lowest BCUT2D eigenvalue weighted by Crippen LogP contribution is -2.22. The van der Waals surface area contributed by atoms with E-state index in [1.54, 1.807) is 24.3 Å². The van der Waals surface area contributed by atoms with E-state index in [0.29, 0.717) is 23.6 Å². The molecule has 108 valence electrons. The summed E-state index contributed by atoms with van der Waals surface area (Å²) in [4.78, 5) is 12.1. The van der Waals surface area contributed by atoms with Gasteiger partial charge in [0.1, 0.15) is 11.3 Å². The summed E-state index contributed by atoms with van der Waals surface area (Å²) in [5, 5.41) is 7.45. The lowest BCUT2D eigenvalue weighted by Gasteiger charge is -2.02. The van der Waals surface area contributed by atoms with Crippen LogP contribution >= 0.6 is 0 Å². The zero-order valence-corrected chi connectivity index (χ0v) is 11.8. The average Bonchev–Trinajstić information content (AvgIpc) is 3.00. The van der Waals surface area contributed by atoms with Crippen molar-refractivity contribution in [1.29, 1.82) is 0 Å². The van der Waals surface area contributed by atoms with Crippen molar-refractivity contribution in [2.24, 2.45) is 0 Å². The van der Waals surface area contributed by atoms with Gasteiger partial charge in [0.15, 0.2) is 5.76 Å². The van der Waals surface area contributed by atoms with Crippen LogP contribution in [0.1, 0.15) is 27.6 Å². The van der Waals surface area contributed by atoms with Crippen molar-refractivity contribution in [3.63, 3.8) is 0 Å². The fourth-order valence-corrected chi connectivity index (χ4v) is 2.18. The highest BCUT2D eigenvalue weighted by molar-refractivity contribution is 5.96. The lowest BCUT2D eigenvalue weighted by molar-refractivity contribution is 0.0925. The smallest absolute Gasteiger partial charge is 0.287 e. The van der Waals surface area contributed by atoms with Gasteiger partial charge < -0.3 is 20.0 Å². The normalized spacial score (nSPS) is 11.0. The first-order valence-corrected chi connectivity index (χ1v) is 6.53. The van der Waals surface area contributed by atoms with E-state index in [9.17, 15) is 4.79 Å². The molecule has 1 amide bonds. The molecule has 0 saturated heterocycles. The number of hydrogen-bond donors (Lipinski definition) is 2. The Hall–Kier alpha value is -2.76. The molecule has 0 fully saturated rings. The van der Waals surface area contributed by atoms with Crippen LogP contribution in [0.4, 0.5) is 5.69 Å². The summed E-state index contributed by atoms with van der Waals surface area (Å²) in [6.07, 6.45) is 0. The maximum absolute atomic E-state index is 12.1. The molecule has 0 aliphatic carbocycles. The lowest BCUT2D eigenvalue weighted by atomic mass is 10.2. The second kappa shape index (κ2) is 4.97. The van der Waals surface area contributed by atoms with Gasteiger partial charge in [-0.05, 0) is 38.1 Å². The first-order valence-electron chi connectivity index (χ1n) is 6.53. The van der Waals surface area contributed by atoms with Crippen molar-refractivity contribution in [3.8, 4) is 0 Å². The van der Waals surface area contributed by atoms with Crippen molar-refractivity contribution in [3.05, 3.63) is 47.0 Å². The van der Waals surface area contributed by atoms with Crippen molar-refractivity contribution >= 4 is 22.6 Å². The Labute approximate surface area is 120 Å². The molecule has 0 saturated carbocycles.